The van der Waals surface area contributed by atoms with E-state index in [2.05, 4.69) is 14.9 Å². The Kier molecular flexibility index (Phi) is 4.94. The van der Waals surface area contributed by atoms with Crippen LogP contribution in [0.2, 0.25) is 0 Å². The number of ether oxygens (including phenoxy) is 1. The second-order valence-corrected chi connectivity index (χ2v) is 5.08. The van der Waals surface area contributed by atoms with Crippen LogP contribution in [0.4, 0.5) is 5.69 Å². The SMILES string of the molecule is COCC(O)CN(C)CCc1nc2ccc(N)cc2[nH]1. The molecule has 1 aromatic heterocycles. The van der Waals surface area contributed by atoms with E-state index in [1.807, 2.05) is 25.2 Å². The maximum atomic E-state index is 9.66. The fourth-order valence-electron chi connectivity index (χ4n) is 2.19. The number of methoxy groups -OCH3 is 1. The molecule has 2 rings (SSSR count). The minimum atomic E-state index is -0.458. The molecule has 0 saturated heterocycles. The highest BCUT2D eigenvalue weighted by Gasteiger charge is 2.09. The topological polar surface area (TPSA) is 87.4 Å². The average Bonchev–Trinajstić information content (AvgIpc) is 2.78. The number of hydrogen-bond donors (Lipinski definition) is 3. The quantitative estimate of drug-likeness (QED) is 0.647. The average molecular weight is 278 g/mol. The molecule has 1 heterocycles. The predicted molar refractivity (Wildman–Crippen MR) is 79.6 cm³/mol. The van der Waals surface area contributed by atoms with Crippen LogP contribution in [0.15, 0.2) is 18.2 Å². The van der Waals surface area contributed by atoms with E-state index in [-0.39, 0.29) is 0 Å². The summed E-state index contributed by atoms with van der Waals surface area (Å²) in [6, 6.07) is 5.65. The summed E-state index contributed by atoms with van der Waals surface area (Å²) < 4.78 is 4.91. The third-order valence-corrected chi connectivity index (χ3v) is 3.17. The van der Waals surface area contributed by atoms with Gasteiger partial charge in [0.1, 0.15) is 5.82 Å². The number of rotatable bonds is 7. The zero-order chi connectivity index (χ0) is 14.5. The molecule has 20 heavy (non-hydrogen) atoms. The Morgan fingerprint density at radius 1 is 1.50 bits per heavy atom. The van der Waals surface area contributed by atoms with Gasteiger partial charge in [0, 0.05) is 32.3 Å². The smallest absolute Gasteiger partial charge is 0.108 e. The zero-order valence-corrected chi connectivity index (χ0v) is 12.0. The standard InChI is InChI=1S/C14H22N4O2/c1-18(8-11(19)9-20-2)6-5-14-16-12-4-3-10(15)7-13(12)17-14/h3-4,7,11,19H,5-6,8-9,15H2,1-2H3,(H,16,17). The summed E-state index contributed by atoms with van der Waals surface area (Å²) in [5.41, 5.74) is 8.36. The first-order chi connectivity index (χ1) is 9.58. The molecule has 4 N–H and O–H groups in total. The number of aliphatic hydroxyl groups is 1. The first kappa shape index (κ1) is 14.8. The van der Waals surface area contributed by atoms with Crippen LogP contribution in [-0.2, 0) is 11.2 Å². The van der Waals surface area contributed by atoms with Gasteiger partial charge >= 0.3 is 0 Å². The van der Waals surface area contributed by atoms with Crippen molar-refractivity contribution in [3.8, 4) is 0 Å². The molecular weight excluding hydrogens is 256 g/mol. The minimum Gasteiger partial charge on any atom is -0.399 e. The second kappa shape index (κ2) is 6.69. The van der Waals surface area contributed by atoms with E-state index in [4.69, 9.17) is 10.5 Å². The highest BCUT2D eigenvalue weighted by molar-refractivity contribution is 5.78. The van der Waals surface area contributed by atoms with Crippen LogP contribution in [0.5, 0.6) is 0 Å². The van der Waals surface area contributed by atoms with E-state index in [9.17, 15) is 5.11 Å². The first-order valence-electron chi connectivity index (χ1n) is 6.68. The van der Waals surface area contributed by atoms with Crippen LogP contribution in [0.25, 0.3) is 11.0 Å². The van der Waals surface area contributed by atoms with Crippen molar-refractivity contribution in [3.05, 3.63) is 24.0 Å². The van der Waals surface area contributed by atoms with Crippen molar-refractivity contribution in [1.82, 2.24) is 14.9 Å². The van der Waals surface area contributed by atoms with Crippen molar-refractivity contribution in [2.45, 2.75) is 12.5 Å². The van der Waals surface area contributed by atoms with Crippen molar-refractivity contribution in [2.24, 2.45) is 0 Å². The Bertz CT molecular complexity index is 555. The molecule has 0 saturated carbocycles. The van der Waals surface area contributed by atoms with Gasteiger partial charge in [-0.25, -0.2) is 4.98 Å². The molecule has 6 heteroatoms. The van der Waals surface area contributed by atoms with Crippen molar-refractivity contribution < 1.29 is 9.84 Å². The van der Waals surface area contributed by atoms with Gasteiger partial charge in [-0.3, -0.25) is 0 Å². The first-order valence-corrected chi connectivity index (χ1v) is 6.68. The Morgan fingerprint density at radius 3 is 3.05 bits per heavy atom. The van der Waals surface area contributed by atoms with Crippen molar-refractivity contribution >= 4 is 16.7 Å². The third-order valence-electron chi connectivity index (χ3n) is 3.17. The van der Waals surface area contributed by atoms with E-state index < -0.39 is 6.10 Å². The number of hydrogen-bond acceptors (Lipinski definition) is 5. The van der Waals surface area contributed by atoms with Gasteiger partial charge in [-0.2, -0.15) is 0 Å². The molecule has 0 aliphatic rings. The monoisotopic (exact) mass is 278 g/mol. The molecule has 110 valence electrons. The predicted octanol–water partition coefficient (Wildman–Crippen LogP) is 0.627. The lowest BCUT2D eigenvalue weighted by Crippen LogP contribution is -2.33. The van der Waals surface area contributed by atoms with Gasteiger partial charge in [0.2, 0.25) is 0 Å². The summed E-state index contributed by atoms with van der Waals surface area (Å²) in [7, 11) is 3.56. The van der Waals surface area contributed by atoms with Crippen LogP contribution < -0.4 is 5.73 Å². The molecule has 0 spiro atoms. The van der Waals surface area contributed by atoms with E-state index >= 15 is 0 Å². The van der Waals surface area contributed by atoms with Crippen LogP contribution in [0.1, 0.15) is 5.82 Å². The lowest BCUT2D eigenvalue weighted by molar-refractivity contribution is 0.0434. The van der Waals surface area contributed by atoms with Gasteiger partial charge in [0.05, 0.1) is 23.7 Å². The van der Waals surface area contributed by atoms with E-state index in [1.165, 1.54) is 0 Å². The van der Waals surface area contributed by atoms with Gasteiger partial charge in [-0.1, -0.05) is 0 Å². The van der Waals surface area contributed by atoms with Crippen LogP contribution >= 0.6 is 0 Å². The zero-order valence-electron chi connectivity index (χ0n) is 12.0. The molecule has 0 bridgehead atoms. The molecule has 0 radical (unpaired) electrons. The summed E-state index contributed by atoms with van der Waals surface area (Å²) in [6.45, 7) is 1.76. The number of nitrogen functional groups attached to an aromatic ring is 1. The number of benzene rings is 1. The number of nitrogens with zero attached hydrogens (tertiary/aromatic N) is 2. The summed E-state index contributed by atoms with van der Waals surface area (Å²) in [5.74, 6) is 0.929. The molecular formula is C14H22N4O2. The van der Waals surface area contributed by atoms with Gasteiger partial charge in [-0.15, -0.1) is 0 Å². The van der Waals surface area contributed by atoms with Crippen LogP contribution in [0, 0.1) is 0 Å². The number of H-pyrrole nitrogens is 1. The summed E-state index contributed by atoms with van der Waals surface area (Å²) in [5, 5.41) is 9.66. The molecule has 1 aromatic carbocycles. The Labute approximate surface area is 118 Å². The fourth-order valence-corrected chi connectivity index (χ4v) is 2.19. The van der Waals surface area contributed by atoms with E-state index in [0.717, 1.165) is 35.5 Å². The molecule has 1 unspecified atom stereocenters. The maximum absolute atomic E-state index is 9.66. The summed E-state index contributed by atoms with van der Waals surface area (Å²) in [6.07, 6.45) is 0.339. The fraction of sp³-hybridized carbons (Fsp3) is 0.500. The van der Waals surface area contributed by atoms with Crippen LogP contribution in [0.3, 0.4) is 0 Å². The Hall–Kier alpha value is -1.63. The lowest BCUT2D eigenvalue weighted by Gasteiger charge is -2.19. The van der Waals surface area contributed by atoms with Crippen molar-refractivity contribution in [2.75, 3.05) is 39.6 Å². The molecule has 1 atom stereocenters. The van der Waals surface area contributed by atoms with Gasteiger partial charge in [0.15, 0.2) is 0 Å². The van der Waals surface area contributed by atoms with Gasteiger partial charge < -0.3 is 25.5 Å². The Balaban J connectivity index is 1.89. The molecule has 0 amide bonds. The molecule has 0 aliphatic heterocycles. The normalized spacial score (nSPS) is 13.2. The van der Waals surface area contributed by atoms with Crippen molar-refractivity contribution in [3.63, 3.8) is 0 Å². The molecule has 0 aliphatic carbocycles. The number of nitrogens with one attached hydrogen (secondary N) is 1. The second-order valence-electron chi connectivity index (χ2n) is 5.08. The highest BCUT2D eigenvalue weighted by atomic mass is 16.5. The van der Waals surface area contributed by atoms with Gasteiger partial charge in [-0.05, 0) is 25.2 Å². The Morgan fingerprint density at radius 2 is 2.30 bits per heavy atom. The molecule has 2 aromatic rings. The number of aromatic amines is 1. The number of likely N-dealkylation sites (N-methyl/N-ethyl adjacent to an activating group) is 1. The van der Waals surface area contributed by atoms with Crippen LogP contribution in [-0.4, -0.2) is 59.9 Å². The summed E-state index contributed by atoms with van der Waals surface area (Å²) in [4.78, 5) is 9.84. The lowest BCUT2D eigenvalue weighted by atomic mass is 10.3. The number of nitrogens with two attached hydrogens (primary N) is 1. The summed E-state index contributed by atoms with van der Waals surface area (Å²) >= 11 is 0. The molecule has 6 nitrogen and oxygen atoms in total. The number of fused-ring (bicyclic) bond motifs is 1. The third kappa shape index (κ3) is 3.93. The van der Waals surface area contributed by atoms with Gasteiger partial charge in [0.25, 0.3) is 0 Å². The van der Waals surface area contributed by atoms with Crippen molar-refractivity contribution in [1.29, 1.82) is 0 Å². The number of imidazole rings is 1. The minimum absolute atomic E-state index is 0.355. The number of aromatic nitrogens is 2. The number of aliphatic hydroxyl groups excluding tert-OH is 1. The van der Waals surface area contributed by atoms with E-state index in [1.54, 1.807) is 7.11 Å². The maximum Gasteiger partial charge on any atom is 0.108 e. The van der Waals surface area contributed by atoms with E-state index in [0.29, 0.717) is 13.2 Å². The molecule has 0 fully saturated rings. The highest BCUT2D eigenvalue weighted by Crippen LogP contribution is 2.15. The number of anilines is 1. The largest absolute Gasteiger partial charge is 0.399 e.